The van der Waals surface area contributed by atoms with Crippen molar-refractivity contribution in [2.45, 2.75) is 32.4 Å². The molecule has 1 aromatic carbocycles. The van der Waals surface area contributed by atoms with Crippen molar-refractivity contribution in [3.05, 3.63) is 29.8 Å². The third kappa shape index (κ3) is 2.96. The van der Waals surface area contributed by atoms with Crippen molar-refractivity contribution in [1.82, 2.24) is 0 Å². The summed E-state index contributed by atoms with van der Waals surface area (Å²) in [5.74, 6) is 2.47. The van der Waals surface area contributed by atoms with Crippen LogP contribution in [0.5, 0.6) is 0 Å². The summed E-state index contributed by atoms with van der Waals surface area (Å²) < 4.78 is 0. The summed E-state index contributed by atoms with van der Waals surface area (Å²) in [5.41, 5.74) is 8.62. The molecule has 1 saturated heterocycles. The van der Waals surface area contributed by atoms with Gasteiger partial charge in [-0.2, -0.15) is 11.8 Å². The number of hydrogen-bond donors (Lipinski definition) is 1. The van der Waals surface area contributed by atoms with Gasteiger partial charge in [0, 0.05) is 35.8 Å². The quantitative estimate of drug-likeness (QED) is 0.894. The van der Waals surface area contributed by atoms with Gasteiger partial charge >= 0.3 is 0 Å². The molecule has 2 rings (SSSR count). The van der Waals surface area contributed by atoms with Crippen LogP contribution in [0, 0.1) is 0 Å². The normalized spacial score (nSPS) is 22.5. The topological polar surface area (TPSA) is 29.3 Å². The molecule has 1 heterocycles. The van der Waals surface area contributed by atoms with Crippen LogP contribution in [0.4, 0.5) is 5.69 Å². The fourth-order valence-electron chi connectivity index (χ4n) is 2.26. The first-order chi connectivity index (χ1) is 8.22. The molecule has 2 nitrogen and oxygen atoms in total. The van der Waals surface area contributed by atoms with Gasteiger partial charge in [-0.05, 0) is 31.0 Å². The Kier molecular flexibility index (Phi) is 4.35. The average Bonchev–Trinajstić information content (AvgIpc) is 2.39. The van der Waals surface area contributed by atoms with Crippen LogP contribution < -0.4 is 10.6 Å². The molecule has 1 aliphatic heterocycles. The second-order valence-electron chi connectivity index (χ2n) is 4.72. The Morgan fingerprint density at radius 3 is 2.71 bits per heavy atom. The average molecular weight is 250 g/mol. The molecule has 0 aliphatic carbocycles. The molecule has 1 aliphatic rings. The molecule has 3 heteroatoms. The standard InChI is InChI=1S/C14H22N2S/c1-3-14(15)12-4-6-13(7-5-12)16-8-9-17-10-11(16)2/h4-7,11,14H,3,8-10,15H2,1-2H3/t11?,14-/m1/s1. The highest BCUT2D eigenvalue weighted by Gasteiger charge is 2.18. The van der Waals surface area contributed by atoms with Gasteiger partial charge < -0.3 is 10.6 Å². The van der Waals surface area contributed by atoms with Crippen LogP contribution in [0.3, 0.4) is 0 Å². The smallest absolute Gasteiger partial charge is 0.0369 e. The predicted octanol–water partition coefficient (Wildman–Crippen LogP) is 3.04. The Bertz CT molecular complexity index is 350. The zero-order valence-corrected chi connectivity index (χ0v) is 11.5. The monoisotopic (exact) mass is 250 g/mol. The van der Waals surface area contributed by atoms with E-state index in [1.54, 1.807) is 0 Å². The molecular formula is C14H22N2S. The van der Waals surface area contributed by atoms with Crippen molar-refractivity contribution in [2.75, 3.05) is 23.0 Å². The maximum absolute atomic E-state index is 6.03. The molecule has 2 atom stereocenters. The van der Waals surface area contributed by atoms with Gasteiger partial charge in [0.2, 0.25) is 0 Å². The molecule has 0 aromatic heterocycles. The fraction of sp³-hybridized carbons (Fsp3) is 0.571. The van der Waals surface area contributed by atoms with Gasteiger partial charge in [-0.25, -0.2) is 0 Å². The number of anilines is 1. The van der Waals surface area contributed by atoms with E-state index in [1.807, 2.05) is 0 Å². The lowest BCUT2D eigenvalue weighted by Gasteiger charge is -2.35. The largest absolute Gasteiger partial charge is 0.367 e. The molecule has 94 valence electrons. The maximum Gasteiger partial charge on any atom is 0.0369 e. The third-order valence-corrected chi connectivity index (χ3v) is 4.65. The highest BCUT2D eigenvalue weighted by Crippen LogP contribution is 2.25. The van der Waals surface area contributed by atoms with E-state index in [2.05, 4.69) is 54.8 Å². The second-order valence-corrected chi connectivity index (χ2v) is 5.87. The van der Waals surface area contributed by atoms with Crippen molar-refractivity contribution < 1.29 is 0 Å². The molecule has 17 heavy (non-hydrogen) atoms. The highest BCUT2D eigenvalue weighted by atomic mass is 32.2. The van der Waals surface area contributed by atoms with E-state index in [0.29, 0.717) is 6.04 Å². The Balaban J connectivity index is 2.11. The van der Waals surface area contributed by atoms with E-state index in [0.717, 1.165) is 13.0 Å². The van der Waals surface area contributed by atoms with Gasteiger partial charge in [0.15, 0.2) is 0 Å². The van der Waals surface area contributed by atoms with Crippen LogP contribution in [0.2, 0.25) is 0 Å². The van der Waals surface area contributed by atoms with Gasteiger partial charge in [0.1, 0.15) is 0 Å². The number of thioether (sulfide) groups is 1. The van der Waals surface area contributed by atoms with E-state index in [4.69, 9.17) is 5.73 Å². The molecule has 0 radical (unpaired) electrons. The van der Waals surface area contributed by atoms with Gasteiger partial charge in [-0.1, -0.05) is 19.1 Å². The second kappa shape index (κ2) is 5.78. The molecule has 1 unspecified atom stereocenters. The van der Waals surface area contributed by atoms with Crippen molar-refractivity contribution in [1.29, 1.82) is 0 Å². The first-order valence-electron chi connectivity index (χ1n) is 6.42. The Morgan fingerprint density at radius 2 is 2.12 bits per heavy atom. The number of hydrogen-bond acceptors (Lipinski definition) is 3. The van der Waals surface area contributed by atoms with Crippen molar-refractivity contribution >= 4 is 17.4 Å². The summed E-state index contributed by atoms with van der Waals surface area (Å²) >= 11 is 2.05. The van der Waals surface area contributed by atoms with Crippen LogP contribution in [0.25, 0.3) is 0 Å². The summed E-state index contributed by atoms with van der Waals surface area (Å²) in [6.07, 6.45) is 0.996. The minimum absolute atomic E-state index is 0.179. The molecule has 0 bridgehead atoms. The Labute approximate surface area is 109 Å². The van der Waals surface area contributed by atoms with Crippen molar-refractivity contribution in [3.8, 4) is 0 Å². The zero-order chi connectivity index (χ0) is 12.3. The number of nitrogens with zero attached hydrogens (tertiary/aromatic N) is 1. The third-order valence-electron chi connectivity index (χ3n) is 3.46. The van der Waals surface area contributed by atoms with Gasteiger partial charge in [-0.15, -0.1) is 0 Å². The first kappa shape index (κ1) is 12.8. The molecule has 2 N–H and O–H groups in total. The Morgan fingerprint density at radius 1 is 1.41 bits per heavy atom. The summed E-state index contributed by atoms with van der Waals surface area (Å²) in [4.78, 5) is 2.50. The minimum Gasteiger partial charge on any atom is -0.367 e. The summed E-state index contributed by atoms with van der Waals surface area (Å²) in [6.45, 7) is 5.59. The van der Waals surface area contributed by atoms with Gasteiger partial charge in [-0.3, -0.25) is 0 Å². The maximum atomic E-state index is 6.03. The van der Waals surface area contributed by atoms with Crippen LogP contribution in [-0.2, 0) is 0 Å². The van der Waals surface area contributed by atoms with E-state index in [1.165, 1.54) is 22.8 Å². The van der Waals surface area contributed by atoms with Crippen LogP contribution >= 0.6 is 11.8 Å². The molecule has 0 amide bonds. The zero-order valence-electron chi connectivity index (χ0n) is 10.7. The highest BCUT2D eigenvalue weighted by molar-refractivity contribution is 7.99. The predicted molar refractivity (Wildman–Crippen MR) is 77.8 cm³/mol. The lowest BCUT2D eigenvalue weighted by atomic mass is 10.0. The van der Waals surface area contributed by atoms with Crippen LogP contribution in [0.1, 0.15) is 31.9 Å². The van der Waals surface area contributed by atoms with E-state index in [9.17, 15) is 0 Å². The molecule has 0 saturated carbocycles. The minimum atomic E-state index is 0.179. The van der Waals surface area contributed by atoms with E-state index < -0.39 is 0 Å². The summed E-state index contributed by atoms with van der Waals surface area (Å²) in [7, 11) is 0. The molecule has 1 aromatic rings. The van der Waals surface area contributed by atoms with Crippen molar-refractivity contribution in [3.63, 3.8) is 0 Å². The van der Waals surface area contributed by atoms with E-state index >= 15 is 0 Å². The van der Waals surface area contributed by atoms with E-state index in [-0.39, 0.29) is 6.04 Å². The molecule has 0 spiro atoms. The van der Waals surface area contributed by atoms with Gasteiger partial charge in [0.05, 0.1) is 0 Å². The number of benzene rings is 1. The summed E-state index contributed by atoms with van der Waals surface area (Å²) in [6, 6.07) is 9.61. The number of rotatable bonds is 3. The lowest BCUT2D eigenvalue weighted by Crippen LogP contribution is -2.40. The summed E-state index contributed by atoms with van der Waals surface area (Å²) in [5, 5.41) is 0. The van der Waals surface area contributed by atoms with Gasteiger partial charge in [0.25, 0.3) is 0 Å². The number of nitrogens with two attached hydrogens (primary N) is 1. The lowest BCUT2D eigenvalue weighted by molar-refractivity contribution is 0.691. The van der Waals surface area contributed by atoms with Crippen LogP contribution in [0.15, 0.2) is 24.3 Å². The van der Waals surface area contributed by atoms with Crippen LogP contribution in [-0.4, -0.2) is 24.1 Å². The molecule has 1 fully saturated rings. The Hall–Kier alpha value is -0.670. The molecular weight excluding hydrogens is 228 g/mol. The first-order valence-corrected chi connectivity index (χ1v) is 7.57. The SMILES string of the molecule is CC[C@@H](N)c1ccc(N2CCSCC2C)cc1. The van der Waals surface area contributed by atoms with Crippen molar-refractivity contribution in [2.24, 2.45) is 5.73 Å². The fourth-order valence-corrected chi connectivity index (χ4v) is 3.27.